The molecule has 82 valence electrons. The van der Waals surface area contributed by atoms with Crippen molar-refractivity contribution >= 4 is 17.2 Å². The van der Waals surface area contributed by atoms with Gasteiger partial charge in [0.15, 0.2) is 0 Å². The van der Waals surface area contributed by atoms with Crippen LogP contribution in [-0.2, 0) is 0 Å². The standard InChI is InChI=1S/C11H16N2OS/c1-6(2)13-8(4)5-7(3)9(10(12)15)11(13)14/h5-6H,1-4H3,(H2,12,15). The minimum Gasteiger partial charge on any atom is -0.389 e. The van der Waals surface area contributed by atoms with Crippen molar-refractivity contribution in [3.63, 3.8) is 0 Å². The van der Waals surface area contributed by atoms with Crippen molar-refractivity contribution in [1.82, 2.24) is 4.57 Å². The van der Waals surface area contributed by atoms with Crippen LogP contribution in [-0.4, -0.2) is 9.56 Å². The van der Waals surface area contributed by atoms with Crippen LogP contribution < -0.4 is 11.3 Å². The van der Waals surface area contributed by atoms with Crippen molar-refractivity contribution < 1.29 is 0 Å². The maximum atomic E-state index is 12.1. The first-order chi connectivity index (χ1) is 6.86. The molecule has 1 heterocycles. The van der Waals surface area contributed by atoms with Crippen LogP contribution >= 0.6 is 12.2 Å². The summed E-state index contributed by atoms with van der Waals surface area (Å²) in [4.78, 5) is 12.3. The molecular weight excluding hydrogens is 208 g/mol. The van der Waals surface area contributed by atoms with Gasteiger partial charge in [-0.1, -0.05) is 12.2 Å². The lowest BCUT2D eigenvalue weighted by atomic mass is 10.1. The van der Waals surface area contributed by atoms with Crippen molar-refractivity contribution in [2.75, 3.05) is 0 Å². The Morgan fingerprint density at radius 1 is 1.47 bits per heavy atom. The van der Waals surface area contributed by atoms with E-state index < -0.39 is 0 Å². The molecule has 0 bridgehead atoms. The first-order valence-corrected chi connectivity index (χ1v) is 5.29. The van der Waals surface area contributed by atoms with Crippen LogP contribution in [0.25, 0.3) is 0 Å². The maximum absolute atomic E-state index is 12.1. The minimum absolute atomic E-state index is 0.0880. The summed E-state index contributed by atoms with van der Waals surface area (Å²) >= 11 is 4.89. The van der Waals surface area contributed by atoms with Gasteiger partial charge in [0.05, 0.1) is 5.56 Å². The second kappa shape index (κ2) is 4.14. The SMILES string of the molecule is Cc1cc(C)n(C(C)C)c(=O)c1C(N)=S. The number of hydrogen-bond donors (Lipinski definition) is 1. The number of nitrogens with zero attached hydrogens (tertiary/aromatic N) is 1. The fraction of sp³-hybridized carbons (Fsp3) is 0.455. The summed E-state index contributed by atoms with van der Waals surface area (Å²) in [6.45, 7) is 7.70. The van der Waals surface area contributed by atoms with Crippen LogP contribution in [0.4, 0.5) is 0 Å². The smallest absolute Gasteiger partial charge is 0.261 e. The van der Waals surface area contributed by atoms with Gasteiger partial charge in [-0.05, 0) is 39.3 Å². The molecule has 0 fully saturated rings. The highest BCUT2D eigenvalue weighted by molar-refractivity contribution is 7.80. The molecule has 1 aromatic heterocycles. The summed E-state index contributed by atoms with van der Waals surface area (Å²) in [6, 6.07) is 2.06. The molecule has 3 nitrogen and oxygen atoms in total. The highest BCUT2D eigenvalue weighted by Crippen LogP contribution is 2.10. The lowest BCUT2D eigenvalue weighted by Gasteiger charge is -2.16. The number of nitrogens with two attached hydrogens (primary N) is 1. The maximum Gasteiger partial charge on any atom is 0.261 e. The van der Waals surface area contributed by atoms with Crippen LogP contribution in [0.3, 0.4) is 0 Å². The Balaban J connectivity index is 3.65. The first-order valence-electron chi connectivity index (χ1n) is 4.88. The zero-order valence-corrected chi connectivity index (χ0v) is 10.3. The molecule has 2 N–H and O–H groups in total. The predicted octanol–water partition coefficient (Wildman–Crippen LogP) is 1.68. The van der Waals surface area contributed by atoms with E-state index in [1.54, 1.807) is 4.57 Å². The van der Waals surface area contributed by atoms with Crippen molar-refractivity contribution in [3.8, 4) is 0 Å². The van der Waals surface area contributed by atoms with Gasteiger partial charge in [-0.15, -0.1) is 0 Å². The molecule has 0 atom stereocenters. The van der Waals surface area contributed by atoms with Gasteiger partial charge in [0.25, 0.3) is 5.56 Å². The van der Waals surface area contributed by atoms with Gasteiger partial charge < -0.3 is 10.3 Å². The van der Waals surface area contributed by atoms with E-state index in [0.29, 0.717) is 5.56 Å². The Morgan fingerprint density at radius 2 is 2.00 bits per heavy atom. The van der Waals surface area contributed by atoms with E-state index in [1.165, 1.54) is 0 Å². The Bertz CT molecular complexity index is 460. The fourth-order valence-corrected chi connectivity index (χ4v) is 2.09. The van der Waals surface area contributed by atoms with Gasteiger partial charge in [-0.3, -0.25) is 4.79 Å². The highest BCUT2D eigenvalue weighted by atomic mass is 32.1. The summed E-state index contributed by atoms with van der Waals surface area (Å²) in [7, 11) is 0. The van der Waals surface area contributed by atoms with Gasteiger partial charge in [0, 0.05) is 11.7 Å². The quantitative estimate of drug-likeness (QED) is 0.778. The molecule has 1 rings (SSSR count). The van der Waals surface area contributed by atoms with Gasteiger partial charge >= 0.3 is 0 Å². The molecule has 1 aromatic rings. The molecule has 15 heavy (non-hydrogen) atoms. The monoisotopic (exact) mass is 224 g/mol. The molecule has 0 radical (unpaired) electrons. The third kappa shape index (κ3) is 2.09. The van der Waals surface area contributed by atoms with E-state index in [4.69, 9.17) is 18.0 Å². The van der Waals surface area contributed by atoms with Crippen LogP contribution in [0.1, 0.15) is 36.7 Å². The highest BCUT2D eigenvalue weighted by Gasteiger charge is 2.13. The molecule has 0 saturated carbocycles. The van der Waals surface area contributed by atoms with E-state index >= 15 is 0 Å². The molecule has 0 aliphatic rings. The third-order valence-electron chi connectivity index (χ3n) is 2.40. The molecule has 0 amide bonds. The van der Waals surface area contributed by atoms with E-state index in [1.807, 2.05) is 33.8 Å². The molecule has 0 unspecified atom stereocenters. The lowest BCUT2D eigenvalue weighted by Crippen LogP contribution is -2.32. The second-order valence-corrected chi connectivity index (χ2v) is 4.42. The van der Waals surface area contributed by atoms with E-state index in [9.17, 15) is 4.79 Å². The Kier molecular flexibility index (Phi) is 3.29. The molecule has 0 aliphatic carbocycles. The first kappa shape index (κ1) is 11.9. The summed E-state index contributed by atoms with van der Waals surface area (Å²) < 4.78 is 1.71. The van der Waals surface area contributed by atoms with Crippen molar-refractivity contribution in [3.05, 3.63) is 33.2 Å². The minimum atomic E-state index is -0.0880. The van der Waals surface area contributed by atoms with Crippen molar-refractivity contribution in [2.45, 2.75) is 33.7 Å². The van der Waals surface area contributed by atoms with Crippen LogP contribution in [0.15, 0.2) is 10.9 Å². The number of thiocarbonyl (C=S) groups is 1. The lowest BCUT2D eigenvalue weighted by molar-refractivity contribution is 0.561. The average Bonchev–Trinajstić information content (AvgIpc) is 1.99. The summed E-state index contributed by atoms with van der Waals surface area (Å²) in [6.07, 6.45) is 0. The molecule has 0 aromatic carbocycles. The molecule has 0 spiro atoms. The predicted molar refractivity (Wildman–Crippen MR) is 66.4 cm³/mol. The van der Waals surface area contributed by atoms with Crippen LogP contribution in [0.2, 0.25) is 0 Å². The third-order valence-corrected chi connectivity index (χ3v) is 2.60. The van der Waals surface area contributed by atoms with E-state index in [0.717, 1.165) is 11.3 Å². The van der Waals surface area contributed by atoms with Gasteiger partial charge in [0.1, 0.15) is 4.99 Å². The van der Waals surface area contributed by atoms with E-state index in [2.05, 4.69) is 0 Å². The molecule has 0 saturated heterocycles. The zero-order valence-electron chi connectivity index (χ0n) is 9.50. The number of aryl methyl sites for hydroxylation is 2. The number of aromatic nitrogens is 1. The fourth-order valence-electron chi connectivity index (χ4n) is 1.85. The normalized spacial score (nSPS) is 10.7. The summed E-state index contributed by atoms with van der Waals surface area (Å²) in [5.74, 6) is 0. The molecule has 0 aliphatic heterocycles. The van der Waals surface area contributed by atoms with Crippen molar-refractivity contribution in [2.24, 2.45) is 5.73 Å². The van der Waals surface area contributed by atoms with Gasteiger partial charge in [-0.2, -0.15) is 0 Å². The summed E-state index contributed by atoms with van der Waals surface area (Å²) in [5.41, 5.74) is 7.71. The van der Waals surface area contributed by atoms with Gasteiger partial charge in [0.2, 0.25) is 0 Å². The Morgan fingerprint density at radius 3 is 2.40 bits per heavy atom. The molecular formula is C11H16N2OS. The number of hydrogen-bond acceptors (Lipinski definition) is 2. The Labute approximate surface area is 94.9 Å². The second-order valence-electron chi connectivity index (χ2n) is 3.98. The largest absolute Gasteiger partial charge is 0.389 e. The van der Waals surface area contributed by atoms with Gasteiger partial charge in [-0.25, -0.2) is 0 Å². The number of pyridine rings is 1. The molecule has 4 heteroatoms. The zero-order chi connectivity index (χ0) is 11.7. The summed E-state index contributed by atoms with van der Waals surface area (Å²) in [5, 5.41) is 0. The van der Waals surface area contributed by atoms with Crippen LogP contribution in [0.5, 0.6) is 0 Å². The average molecular weight is 224 g/mol. The van der Waals surface area contributed by atoms with Crippen LogP contribution in [0, 0.1) is 13.8 Å². The number of rotatable bonds is 2. The topological polar surface area (TPSA) is 48.0 Å². The van der Waals surface area contributed by atoms with Crippen molar-refractivity contribution in [1.29, 1.82) is 0 Å². The Hall–Kier alpha value is -1.16. The van der Waals surface area contributed by atoms with E-state index in [-0.39, 0.29) is 16.6 Å².